The molecule has 0 aromatic carbocycles. The third-order valence-corrected chi connectivity index (χ3v) is 2.40. The molecule has 0 aliphatic rings. The first kappa shape index (κ1) is 11.6. The number of nitrogen functional groups attached to an aromatic ring is 1. The summed E-state index contributed by atoms with van der Waals surface area (Å²) in [6, 6.07) is 5.34. The minimum Gasteiger partial charge on any atom is -0.384 e. The van der Waals surface area contributed by atoms with Crippen LogP contribution in [0, 0.1) is 5.92 Å². The minimum absolute atomic E-state index is 0.427. The summed E-state index contributed by atoms with van der Waals surface area (Å²) in [6.07, 6.45) is 1.87. The normalized spacial score (nSPS) is 11.0. The van der Waals surface area contributed by atoms with Gasteiger partial charge in [-0.1, -0.05) is 25.1 Å². The summed E-state index contributed by atoms with van der Waals surface area (Å²) in [5, 5.41) is 3.93. The van der Waals surface area contributed by atoms with E-state index in [0.29, 0.717) is 23.3 Å². The minimum atomic E-state index is 0.427. The third kappa shape index (κ3) is 3.03. The number of aryl methyl sites for hydroxylation is 1. The van der Waals surface area contributed by atoms with Crippen molar-refractivity contribution in [3.63, 3.8) is 0 Å². The topological polar surface area (TPSA) is 77.8 Å². The van der Waals surface area contributed by atoms with Crippen molar-refractivity contribution in [2.45, 2.75) is 26.7 Å². The zero-order chi connectivity index (χ0) is 12.3. The number of nitrogens with zero attached hydrogens (tertiary/aromatic N) is 3. The smallest absolute Gasteiger partial charge is 0.276 e. The molecule has 0 aliphatic carbocycles. The van der Waals surface area contributed by atoms with Crippen molar-refractivity contribution in [1.82, 2.24) is 15.1 Å². The van der Waals surface area contributed by atoms with E-state index in [9.17, 15) is 0 Å². The Kier molecular flexibility index (Phi) is 3.37. The van der Waals surface area contributed by atoms with E-state index < -0.39 is 0 Å². The molecule has 0 bridgehead atoms. The van der Waals surface area contributed by atoms with Crippen molar-refractivity contribution in [3.05, 3.63) is 24.0 Å². The number of hydrogen-bond donors (Lipinski definition) is 1. The maximum absolute atomic E-state index is 5.60. The van der Waals surface area contributed by atoms with Gasteiger partial charge in [-0.3, -0.25) is 0 Å². The number of rotatable bonds is 4. The highest BCUT2D eigenvalue weighted by molar-refractivity contribution is 5.49. The summed E-state index contributed by atoms with van der Waals surface area (Å²) in [7, 11) is 0. The number of hydrogen-bond acceptors (Lipinski definition) is 5. The summed E-state index contributed by atoms with van der Waals surface area (Å²) in [6.45, 7) is 4.33. The Morgan fingerprint density at radius 1 is 1.29 bits per heavy atom. The molecule has 2 aromatic heterocycles. The first-order valence-corrected chi connectivity index (χ1v) is 5.70. The lowest BCUT2D eigenvalue weighted by molar-refractivity contribution is 0.418. The summed E-state index contributed by atoms with van der Waals surface area (Å²) in [4.78, 5) is 8.43. The highest BCUT2D eigenvalue weighted by Crippen LogP contribution is 2.16. The van der Waals surface area contributed by atoms with Gasteiger partial charge in [0.2, 0.25) is 0 Å². The lowest BCUT2D eigenvalue weighted by atomic mass is 10.1. The van der Waals surface area contributed by atoms with Gasteiger partial charge in [0.15, 0.2) is 5.82 Å². The molecular formula is C12H16N4O. The fourth-order valence-electron chi connectivity index (χ4n) is 1.45. The molecule has 0 saturated carbocycles. The zero-order valence-corrected chi connectivity index (χ0v) is 10.1. The molecule has 90 valence electrons. The highest BCUT2D eigenvalue weighted by Gasteiger charge is 2.10. The van der Waals surface area contributed by atoms with Gasteiger partial charge in [0.05, 0.1) is 0 Å². The number of aromatic nitrogens is 3. The highest BCUT2D eigenvalue weighted by atomic mass is 16.5. The average Bonchev–Trinajstić information content (AvgIpc) is 2.75. The molecule has 0 amide bonds. The Morgan fingerprint density at radius 3 is 2.82 bits per heavy atom. The van der Waals surface area contributed by atoms with Crippen molar-refractivity contribution in [2.24, 2.45) is 5.92 Å². The van der Waals surface area contributed by atoms with Crippen LogP contribution in [0.5, 0.6) is 0 Å². The third-order valence-electron chi connectivity index (χ3n) is 2.40. The lowest BCUT2D eigenvalue weighted by Gasteiger charge is -1.98. The molecule has 5 nitrogen and oxygen atoms in total. The van der Waals surface area contributed by atoms with Crippen LogP contribution in [0.3, 0.4) is 0 Å². The molecule has 0 spiro atoms. The number of pyridine rings is 1. The van der Waals surface area contributed by atoms with Crippen LogP contribution >= 0.6 is 0 Å². The van der Waals surface area contributed by atoms with Crippen molar-refractivity contribution in [2.75, 3.05) is 5.73 Å². The van der Waals surface area contributed by atoms with Crippen LogP contribution < -0.4 is 5.73 Å². The summed E-state index contributed by atoms with van der Waals surface area (Å²) < 4.78 is 5.16. The molecule has 0 radical (unpaired) electrons. The van der Waals surface area contributed by atoms with E-state index in [1.165, 1.54) is 0 Å². The number of anilines is 1. The Balaban J connectivity index is 2.12. The van der Waals surface area contributed by atoms with Gasteiger partial charge < -0.3 is 10.3 Å². The van der Waals surface area contributed by atoms with Crippen LogP contribution in [0.25, 0.3) is 11.6 Å². The van der Waals surface area contributed by atoms with Crippen LogP contribution in [-0.4, -0.2) is 15.1 Å². The van der Waals surface area contributed by atoms with E-state index in [4.69, 9.17) is 10.3 Å². The van der Waals surface area contributed by atoms with E-state index in [-0.39, 0.29) is 0 Å². The molecule has 0 aliphatic heterocycles. The molecule has 0 saturated heterocycles. The lowest BCUT2D eigenvalue weighted by Crippen LogP contribution is -1.94. The quantitative estimate of drug-likeness (QED) is 0.875. The Hall–Kier alpha value is -1.91. The van der Waals surface area contributed by atoms with Gasteiger partial charge in [-0.25, -0.2) is 4.98 Å². The van der Waals surface area contributed by atoms with Gasteiger partial charge in [-0.2, -0.15) is 4.98 Å². The summed E-state index contributed by atoms with van der Waals surface area (Å²) in [5.41, 5.74) is 6.22. The average molecular weight is 232 g/mol. The van der Waals surface area contributed by atoms with Crippen LogP contribution in [0.1, 0.15) is 26.1 Å². The van der Waals surface area contributed by atoms with Crippen molar-refractivity contribution in [1.29, 1.82) is 0 Å². The Labute approximate surface area is 100 Å². The summed E-state index contributed by atoms with van der Waals surface area (Å²) >= 11 is 0. The second kappa shape index (κ2) is 4.95. The second-order valence-corrected chi connectivity index (χ2v) is 4.40. The molecule has 2 aromatic rings. The monoisotopic (exact) mass is 232 g/mol. The Morgan fingerprint density at radius 2 is 2.12 bits per heavy atom. The molecule has 17 heavy (non-hydrogen) atoms. The van der Waals surface area contributed by atoms with Crippen LogP contribution in [0.15, 0.2) is 22.7 Å². The molecule has 2 N–H and O–H groups in total. The van der Waals surface area contributed by atoms with Gasteiger partial charge in [0.1, 0.15) is 11.5 Å². The molecule has 2 heterocycles. The fourth-order valence-corrected chi connectivity index (χ4v) is 1.45. The van der Waals surface area contributed by atoms with Gasteiger partial charge in [-0.15, -0.1) is 0 Å². The second-order valence-electron chi connectivity index (χ2n) is 4.40. The number of nitrogens with two attached hydrogens (primary N) is 1. The fraction of sp³-hybridized carbons (Fsp3) is 0.417. The van der Waals surface area contributed by atoms with Gasteiger partial charge in [-0.05, 0) is 24.5 Å². The predicted octanol–water partition coefficient (Wildman–Crippen LogP) is 2.30. The van der Waals surface area contributed by atoms with Gasteiger partial charge in [0.25, 0.3) is 5.89 Å². The molecule has 2 rings (SSSR count). The van der Waals surface area contributed by atoms with Crippen LogP contribution in [0.2, 0.25) is 0 Å². The Bertz CT molecular complexity index is 493. The molecular weight excluding hydrogens is 216 g/mol. The van der Waals surface area contributed by atoms with Crippen molar-refractivity contribution in [3.8, 4) is 11.6 Å². The predicted molar refractivity (Wildman–Crippen MR) is 65.1 cm³/mol. The SMILES string of the molecule is CC(C)CCc1noc(-c2cccc(N)n2)n1. The largest absolute Gasteiger partial charge is 0.384 e. The van der Waals surface area contributed by atoms with E-state index in [0.717, 1.165) is 18.7 Å². The van der Waals surface area contributed by atoms with E-state index in [2.05, 4.69) is 29.0 Å². The van der Waals surface area contributed by atoms with E-state index >= 15 is 0 Å². The van der Waals surface area contributed by atoms with Crippen molar-refractivity contribution < 1.29 is 4.52 Å². The standard InChI is InChI=1S/C12H16N4O/c1-8(2)6-7-11-15-12(17-16-11)9-4-3-5-10(13)14-9/h3-5,8H,6-7H2,1-2H3,(H2,13,14). The first-order chi connectivity index (χ1) is 8.15. The van der Waals surface area contributed by atoms with E-state index in [1.54, 1.807) is 12.1 Å². The maximum Gasteiger partial charge on any atom is 0.276 e. The van der Waals surface area contributed by atoms with Crippen LogP contribution in [-0.2, 0) is 6.42 Å². The van der Waals surface area contributed by atoms with Crippen molar-refractivity contribution >= 4 is 5.82 Å². The van der Waals surface area contributed by atoms with Gasteiger partial charge >= 0.3 is 0 Å². The van der Waals surface area contributed by atoms with Gasteiger partial charge in [0, 0.05) is 6.42 Å². The molecule has 0 atom stereocenters. The van der Waals surface area contributed by atoms with Crippen LogP contribution in [0.4, 0.5) is 5.82 Å². The molecule has 0 fully saturated rings. The molecule has 0 unspecified atom stereocenters. The molecule has 5 heteroatoms. The zero-order valence-electron chi connectivity index (χ0n) is 10.1. The summed E-state index contributed by atoms with van der Waals surface area (Å²) in [5.74, 6) is 2.22. The van der Waals surface area contributed by atoms with E-state index in [1.807, 2.05) is 6.07 Å². The maximum atomic E-state index is 5.60. The first-order valence-electron chi connectivity index (χ1n) is 5.70.